The fraction of sp³-hybridized carbons (Fsp3) is 0. The summed E-state index contributed by atoms with van der Waals surface area (Å²) in [5.74, 6) is 1.61. The molecule has 2 aliphatic heterocycles. The lowest BCUT2D eigenvalue weighted by atomic mass is 10.1. The van der Waals surface area contributed by atoms with Crippen LogP contribution in [0.1, 0.15) is 0 Å². The van der Waals surface area contributed by atoms with Gasteiger partial charge < -0.3 is 4.98 Å². The van der Waals surface area contributed by atoms with E-state index in [9.17, 15) is 0 Å². The normalized spacial score (nSPS) is 12.3. The first-order chi connectivity index (χ1) is 26.4. The number of benzene rings is 4. The average molecular weight is 1780 g/mol. The molecule has 8 nitrogen and oxygen atoms in total. The van der Waals surface area contributed by atoms with Crippen molar-refractivity contribution in [1.82, 2.24) is 38.5 Å². The Morgan fingerprint density at radius 3 is 1.20 bits per heavy atom. The monoisotopic (exact) mass is 1760 g/mol. The number of nitrogens with one attached hydrogen (secondary N) is 1. The number of hydrogen-bond acceptors (Lipinski definition) is 6. The van der Waals surface area contributed by atoms with Crippen molar-refractivity contribution in [1.29, 1.82) is 0 Å². The molecule has 5 heterocycles. The summed E-state index contributed by atoms with van der Waals surface area (Å²) in [7, 11) is 0. The van der Waals surface area contributed by atoms with E-state index in [1.807, 2.05) is 6.07 Å². The van der Waals surface area contributed by atoms with Crippen LogP contribution in [-0.4, -0.2) is 38.5 Å². The quantitative estimate of drug-likeness (QED) is 0.120. The number of rotatable bonds is 0. The van der Waals surface area contributed by atoms with Gasteiger partial charge in [-0.25, -0.2) is 33.5 Å². The second kappa shape index (κ2) is 15.9. The molecule has 0 saturated carbocycles. The molecule has 7 aromatic rings. The Kier molecular flexibility index (Phi) is 12.2. The van der Waals surface area contributed by atoms with Gasteiger partial charge in [0.1, 0.15) is 11.3 Å². The van der Waals surface area contributed by atoms with Crippen molar-refractivity contribution >= 4 is 299 Å². The minimum Gasteiger partial charge on any atom is -0.324 e. The molecule has 2 aliphatic rings. The van der Waals surface area contributed by atoms with Crippen LogP contribution in [0.4, 0.5) is 0 Å². The lowest BCUT2D eigenvalue weighted by Crippen LogP contribution is -1.90. The van der Waals surface area contributed by atoms with E-state index >= 15 is 0 Å². The van der Waals surface area contributed by atoms with Gasteiger partial charge in [0.15, 0.2) is 34.6 Å². The number of fused-ring (bicyclic) bond motifs is 20. The zero-order valence-electron chi connectivity index (χ0n) is 25.8. The van der Waals surface area contributed by atoms with Gasteiger partial charge in [0.2, 0.25) is 0 Å². The first kappa shape index (κ1) is 43.2. The molecule has 0 radical (unpaired) electrons. The highest BCUT2D eigenvalue weighted by Crippen LogP contribution is 2.54. The summed E-state index contributed by atoms with van der Waals surface area (Å²) < 4.78 is 13.1. The molecule has 0 aliphatic carbocycles. The van der Waals surface area contributed by atoms with E-state index in [4.69, 9.17) is 29.9 Å². The molecule has 282 valence electrons. The third-order valence-corrected chi connectivity index (χ3v) is 27.0. The summed E-state index contributed by atoms with van der Waals surface area (Å²) in [6.07, 6.45) is 0. The summed E-state index contributed by atoms with van der Waals surface area (Å²) in [5.41, 5.74) is 4.87. The molecule has 24 heteroatoms. The minimum atomic E-state index is 0.390. The number of halogens is 16. The summed E-state index contributed by atoms with van der Waals surface area (Å²) in [5, 5.41) is 2.97. The van der Waals surface area contributed by atoms with Crippen molar-refractivity contribution in [2.75, 3.05) is 0 Å². The van der Waals surface area contributed by atoms with E-state index in [0.29, 0.717) is 57.0 Å². The maximum Gasteiger partial charge on any atom is 0.166 e. The van der Waals surface area contributed by atoms with Crippen LogP contribution < -0.4 is 0 Å². The lowest BCUT2D eigenvalue weighted by molar-refractivity contribution is 1.18. The topological polar surface area (TPSA) is 98.1 Å². The number of nitrogens with zero attached hydrogens (tertiary/aromatic N) is 7. The van der Waals surface area contributed by atoms with Gasteiger partial charge in [0, 0.05) is 111 Å². The Morgan fingerprint density at radius 1 is 0.357 bits per heavy atom. The van der Waals surface area contributed by atoms with Crippen LogP contribution in [0, 0.1) is 0 Å². The van der Waals surface area contributed by atoms with E-state index < -0.39 is 0 Å². The Bertz CT molecular complexity index is 3230. The van der Waals surface area contributed by atoms with Gasteiger partial charge in [0.25, 0.3) is 0 Å². The molecular weight excluding hydrogens is 1770 g/mol. The molecule has 9 rings (SSSR count). The van der Waals surface area contributed by atoms with Crippen molar-refractivity contribution in [3.8, 4) is 45.6 Å². The van der Waals surface area contributed by atoms with Gasteiger partial charge in [-0.2, -0.15) is 0 Å². The number of aromatic nitrogens is 8. The zero-order valence-corrected chi connectivity index (χ0v) is 51.1. The van der Waals surface area contributed by atoms with Gasteiger partial charge in [-0.1, -0.05) is 0 Å². The Morgan fingerprint density at radius 2 is 0.714 bits per heavy atom. The predicted molar refractivity (Wildman–Crippen MR) is 280 cm³/mol. The average Bonchev–Trinajstić information content (AvgIpc) is 3.89. The molecule has 1 N–H and O–H groups in total. The van der Waals surface area contributed by atoms with E-state index in [1.165, 1.54) is 0 Å². The number of hydrogen-bond donors (Lipinski definition) is 1. The number of aromatic amines is 1. The lowest BCUT2D eigenvalue weighted by Gasteiger charge is -2.10. The highest BCUT2D eigenvalue weighted by Gasteiger charge is 2.32. The van der Waals surface area contributed by atoms with E-state index in [-0.39, 0.29) is 0 Å². The van der Waals surface area contributed by atoms with Gasteiger partial charge in [0.05, 0.1) is 16.1 Å². The third kappa shape index (κ3) is 6.43. The SMILES string of the molecule is Brc1cc2c(c(Br)c1Br)-c1nc-2nc2[nH]c(nc3nc(nc4c5c(Br)c(Br)c(Br)c(Br)c5c(n1)n4Br)-c1c(Br)c(Br)c(Br)c(Br)c1-3)c1c(Br)c(Br)c(Br)c(Br)c21. The van der Waals surface area contributed by atoms with Gasteiger partial charge in [-0.05, 0) is 245 Å². The summed E-state index contributed by atoms with van der Waals surface area (Å²) >= 11 is 60.8. The van der Waals surface area contributed by atoms with Crippen molar-refractivity contribution in [3.05, 3.63) is 73.2 Å². The zero-order chi connectivity index (χ0) is 40.1. The van der Waals surface area contributed by atoms with Crippen molar-refractivity contribution in [2.45, 2.75) is 0 Å². The molecule has 0 fully saturated rings. The molecular formula is C32H2Br16N8. The van der Waals surface area contributed by atoms with Crippen molar-refractivity contribution in [2.24, 2.45) is 0 Å². The van der Waals surface area contributed by atoms with Crippen LogP contribution in [0.3, 0.4) is 0 Å². The van der Waals surface area contributed by atoms with Gasteiger partial charge >= 0.3 is 0 Å². The van der Waals surface area contributed by atoms with E-state index in [0.717, 1.165) is 99.8 Å². The van der Waals surface area contributed by atoms with E-state index in [1.54, 1.807) is 3.59 Å². The highest BCUT2D eigenvalue weighted by atomic mass is 79.9. The molecule has 0 amide bonds. The Labute approximate surface area is 448 Å². The molecule has 0 saturated heterocycles. The van der Waals surface area contributed by atoms with Crippen LogP contribution >= 0.6 is 255 Å². The van der Waals surface area contributed by atoms with E-state index in [2.05, 4.69) is 260 Å². The van der Waals surface area contributed by atoms with Crippen molar-refractivity contribution < 1.29 is 0 Å². The molecule has 0 unspecified atom stereocenters. The minimum absolute atomic E-state index is 0.390. The molecule has 0 atom stereocenters. The van der Waals surface area contributed by atoms with Crippen LogP contribution in [0.25, 0.3) is 89.7 Å². The third-order valence-electron chi connectivity index (χ3n) is 8.69. The smallest absolute Gasteiger partial charge is 0.166 e. The Balaban J connectivity index is 1.62. The molecule has 8 bridgehead atoms. The summed E-state index contributed by atoms with van der Waals surface area (Å²) in [6.45, 7) is 0. The molecule has 3 aromatic heterocycles. The second-order valence-corrected chi connectivity index (χ2v) is 24.3. The predicted octanol–water partition coefficient (Wildman–Crippen LogP) is 18.9. The summed E-state index contributed by atoms with van der Waals surface area (Å²) in [4.78, 5) is 34.8. The second-order valence-electron chi connectivity index (χ2n) is 11.6. The first-order valence-corrected chi connectivity index (χ1v) is 27.3. The fourth-order valence-corrected chi connectivity index (χ4v) is 15.8. The van der Waals surface area contributed by atoms with Crippen LogP contribution in [-0.2, 0) is 0 Å². The fourth-order valence-electron chi connectivity index (χ4n) is 6.24. The van der Waals surface area contributed by atoms with Crippen LogP contribution in [0.5, 0.6) is 0 Å². The summed E-state index contributed by atoms with van der Waals surface area (Å²) in [6, 6.07) is 1.97. The first-order valence-electron chi connectivity index (χ1n) is 14.7. The standard InChI is InChI=1S/C32H2Br16N8/c33-3-1-2-4(12(35)11(3)34)26-49-25(2)50-27-5-6(14(37)20(43)19(42)13(5)36)28(51-27)52-29-7-8(16(39)22(45)21(44)15(7)38)30(53-29)55-32-10-9(31(54-26)56(32)48)17(40)23(46)24(47)18(10)41/h1H,(H,49,50,51,52,53,54,55). The molecule has 4 aromatic carbocycles. The van der Waals surface area contributed by atoms with Crippen LogP contribution in [0.15, 0.2) is 73.2 Å². The van der Waals surface area contributed by atoms with Crippen molar-refractivity contribution in [3.63, 3.8) is 0 Å². The Hall–Kier alpha value is 1.92. The molecule has 0 spiro atoms. The van der Waals surface area contributed by atoms with Gasteiger partial charge in [-0.3, -0.25) is 0 Å². The number of H-pyrrole nitrogens is 1. The highest BCUT2D eigenvalue weighted by molar-refractivity contribution is 9.16. The molecule has 56 heavy (non-hydrogen) atoms. The maximum absolute atomic E-state index is 5.30. The van der Waals surface area contributed by atoms with Gasteiger partial charge in [-0.15, -0.1) is 0 Å². The van der Waals surface area contributed by atoms with Crippen LogP contribution in [0.2, 0.25) is 0 Å². The largest absolute Gasteiger partial charge is 0.324 e. The maximum atomic E-state index is 5.30.